The van der Waals surface area contributed by atoms with Crippen molar-refractivity contribution in [2.75, 3.05) is 6.61 Å². The van der Waals surface area contributed by atoms with Crippen molar-refractivity contribution < 1.29 is 9.53 Å². The molecule has 0 radical (unpaired) electrons. The molecule has 0 N–H and O–H groups in total. The summed E-state index contributed by atoms with van der Waals surface area (Å²) in [6, 6.07) is 1.79. The highest BCUT2D eigenvalue weighted by molar-refractivity contribution is 5.97. The summed E-state index contributed by atoms with van der Waals surface area (Å²) in [6.07, 6.45) is 4.72. The van der Waals surface area contributed by atoms with Crippen molar-refractivity contribution >= 4 is 12.0 Å². The van der Waals surface area contributed by atoms with Gasteiger partial charge in [-0.25, -0.2) is 9.78 Å². The van der Waals surface area contributed by atoms with Crippen LogP contribution >= 0.6 is 0 Å². The molecule has 5 heteroatoms. The van der Waals surface area contributed by atoms with E-state index in [0.29, 0.717) is 5.82 Å². The molecule has 78 valence electrons. The van der Waals surface area contributed by atoms with Gasteiger partial charge in [0, 0.05) is 25.5 Å². The van der Waals surface area contributed by atoms with Crippen LogP contribution in [-0.4, -0.2) is 22.1 Å². The van der Waals surface area contributed by atoms with Crippen LogP contribution in [0.3, 0.4) is 0 Å². The average molecular weight is 205 g/mol. The fourth-order valence-electron chi connectivity index (χ4n) is 0.991. The molecule has 0 aliphatic rings. The lowest BCUT2D eigenvalue weighted by Crippen LogP contribution is -2.06. The number of hydrogen-bond donors (Lipinski definition) is 0. The van der Waals surface area contributed by atoms with E-state index in [2.05, 4.69) is 4.98 Å². The van der Waals surface area contributed by atoms with Crippen LogP contribution in [0.25, 0.3) is 6.08 Å². The number of aryl methyl sites for hydroxylation is 1. The van der Waals surface area contributed by atoms with E-state index in [1.165, 1.54) is 6.08 Å². The lowest BCUT2D eigenvalue weighted by atomic mass is 10.2. The Morgan fingerprint density at radius 1 is 1.80 bits per heavy atom. The van der Waals surface area contributed by atoms with Crippen LogP contribution in [0.1, 0.15) is 12.7 Å². The van der Waals surface area contributed by atoms with E-state index in [0.717, 1.165) is 0 Å². The molecule has 0 spiro atoms. The first-order chi connectivity index (χ1) is 7.19. The third-order valence-corrected chi connectivity index (χ3v) is 1.75. The van der Waals surface area contributed by atoms with Gasteiger partial charge in [-0.1, -0.05) is 0 Å². The second-order valence-electron chi connectivity index (χ2n) is 2.79. The maximum absolute atomic E-state index is 11.3. The first kappa shape index (κ1) is 11.0. The Balaban J connectivity index is 2.94. The Morgan fingerprint density at radius 2 is 2.53 bits per heavy atom. The average Bonchev–Trinajstić information content (AvgIpc) is 2.61. The molecule has 0 unspecified atom stereocenters. The Hall–Kier alpha value is -2.09. The molecule has 0 amide bonds. The Morgan fingerprint density at radius 3 is 3.00 bits per heavy atom. The second-order valence-corrected chi connectivity index (χ2v) is 2.79. The molecular weight excluding hydrogens is 194 g/mol. The number of aromatic nitrogens is 2. The Labute approximate surface area is 87.6 Å². The molecular formula is C10H11N3O2. The third-order valence-electron chi connectivity index (χ3n) is 1.75. The summed E-state index contributed by atoms with van der Waals surface area (Å²) in [5, 5.41) is 8.76. The SMILES string of the molecule is CCOC(=O)/C(C#N)=C/c1nccn1C. The van der Waals surface area contributed by atoms with Crippen LogP contribution in [0.5, 0.6) is 0 Å². The van der Waals surface area contributed by atoms with Gasteiger partial charge in [-0.05, 0) is 6.92 Å². The molecule has 1 aromatic rings. The lowest BCUT2D eigenvalue weighted by Gasteiger charge is -1.99. The topological polar surface area (TPSA) is 67.9 Å². The number of imidazole rings is 1. The van der Waals surface area contributed by atoms with Gasteiger partial charge in [-0.15, -0.1) is 0 Å². The predicted molar refractivity (Wildman–Crippen MR) is 53.4 cm³/mol. The molecule has 0 aliphatic heterocycles. The molecule has 1 heterocycles. The number of hydrogen-bond acceptors (Lipinski definition) is 4. The Bertz CT molecular complexity index is 426. The normalized spacial score (nSPS) is 10.9. The van der Waals surface area contributed by atoms with Crippen LogP contribution in [0.15, 0.2) is 18.0 Å². The number of ether oxygens (including phenoxy) is 1. The fourth-order valence-corrected chi connectivity index (χ4v) is 0.991. The first-order valence-corrected chi connectivity index (χ1v) is 4.45. The van der Waals surface area contributed by atoms with E-state index in [1.807, 2.05) is 0 Å². The van der Waals surface area contributed by atoms with Crippen molar-refractivity contribution in [1.82, 2.24) is 9.55 Å². The number of esters is 1. The molecule has 0 aliphatic carbocycles. The third kappa shape index (κ3) is 2.68. The zero-order valence-corrected chi connectivity index (χ0v) is 8.60. The quantitative estimate of drug-likeness (QED) is 0.417. The summed E-state index contributed by atoms with van der Waals surface area (Å²) in [7, 11) is 1.78. The van der Waals surface area contributed by atoms with Crippen LogP contribution in [-0.2, 0) is 16.6 Å². The van der Waals surface area contributed by atoms with E-state index in [4.69, 9.17) is 10.00 Å². The van der Waals surface area contributed by atoms with Crippen molar-refractivity contribution in [2.45, 2.75) is 6.92 Å². The minimum Gasteiger partial charge on any atom is -0.462 e. The molecule has 15 heavy (non-hydrogen) atoms. The molecule has 0 atom stereocenters. The van der Waals surface area contributed by atoms with Crippen molar-refractivity contribution in [3.63, 3.8) is 0 Å². The number of rotatable bonds is 3. The molecule has 0 saturated heterocycles. The predicted octanol–water partition coefficient (Wildman–Crippen LogP) is 0.890. The fraction of sp³-hybridized carbons (Fsp3) is 0.300. The molecule has 0 aromatic carbocycles. The first-order valence-electron chi connectivity index (χ1n) is 4.45. The van der Waals surface area contributed by atoms with E-state index in [9.17, 15) is 4.79 Å². The molecule has 5 nitrogen and oxygen atoms in total. The van der Waals surface area contributed by atoms with Crippen LogP contribution in [0.2, 0.25) is 0 Å². The number of carbonyl (C=O) groups excluding carboxylic acids is 1. The van der Waals surface area contributed by atoms with Gasteiger partial charge in [-0.2, -0.15) is 5.26 Å². The largest absolute Gasteiger partial charge is 0.462 e. The van der Waals surface area contributed by atoms with Gasteiger partial charge in [0.1, 0.15) is 17.5 Å². The summed E-state index contributed by atoms with van der Waals surface area (Å²) in [4.78, 5) is 15.2. The molecule has 0 bridgehead atoms. The van der Waals surface area contributed by atoms with Gasteiger partial charge in [0.05, 0.1) is 6.61 Å². The van der Waals surface area contributed by atoms with Gasteiger partial charge in [0.25, 0.3) is 0 Å². The van der Waals surface area contributed by atoms with Gasteiger partial charge >= 0.3 is 5.97 Å². The van der Waals surface area contributed by atoms with E-state index in [1.54, 1.807) is 37.0 Å². The minimum atomic E-state index is -0.622. The molecule has 1 aromatic heterocycles. The standard InChI is InChI=1S/C10H11N3O2/c1-3-15-10(14)8(7-11)6-9-12-4-5-13(9)2/h4-6H,3H2,1-2H3/b8-6+. The van der Waals surface area contributed by atoms with Crippen molar-refractivity contribution in [3.8, 4) is 6.07 Å². The number of nitriles is 1. The zero-order chi connectivity index (χ0) is 11.3. The maximum atomic E-state index is 11.3. The highest BCUT2D eigenvalue weighted by Crippen LogP contribution is 2.05. The summed E-state index contributed by atoms with van der Waals surface area (Å²) in [6.45, 7) is 1.94. The zero-order valence-electron chi connectivity index (χ0n) is 8.60. The second kappa shape index (κ2) is 4.96. The van der Waals surface area contributed by atoms with Crippen molar-refractivity contribution in [1.29, 1.82) is 5.26 Å². The Kier molecular flexibility index (Phi) is 3.63. The van der Waals surface area contributed by atoms with Gasteiger partial charge in [-0.3, -0.25) is 0 Å². The maximum Gasteiger partial charge on any atom is 0.349 e. The molecule has 1 rings (SSSR count). The van der Waals surface area contributed by atoms with E-state index in [-0.39, 0.29) is 12.2 Å². The number of carbonyl (C=O) groups is 1. The summed E-state index contributed by atoms with van der Waals surface area (Å²) in [5.41, 5.74) is -0.0499. The molecule has 0 saturated carbocycles. The summed E-state index contributed by atoms with van der Waals surface area (Å²) in [5.74, 6) is -0.0809. The summed E-state index contributed by atoms with van der Waals surface area (Å²) >= 11 is 0. The summed E-state index contributed by atoms with van der Waals surface area (Å²) < 4.78 is 6.42. The monoisotopic (exact) mass is 205 g/mol. The van der Waals surface area contributed by atoms with Gasteiger partial charge in [0.2, 0.25) is 0 Å². The number of nitrogens with zero attached hydrogens (tertiary/aromatic N) is 3. The van der Waals surface area contributed by atoms with Gasteiger partial charge in [0.15, 0.2) is 0 Å². The van der Waals surface area contributed by atoms with Crippen LogP contribution < -0.4 is 0 Å². The van der Waals surface area contributed by atoms with E-state index < -0.39 is 5.97 Å². The highest BCUT2D eigenvalue weighted by Gasteiger charge is 2.10. The minimum absolute atomic E-state index is 0.0499. The van der Waals surface area contributed by atoms with Crippen molar-refractivity contribution in [3.05, 3.63) is 23.8 Å². The van der Waals surface area contributed by atoms with Crippen LogP contribution in [0, 0.1) is 11.3 Å². The van der Waals surface area contributed by atoms with Crippen LogP contribution in [0.4, 0.5) is 0 Å². The highest BCUT2D eigenvalue weighted by atomic mass is 16.5. The lowest BCUT2D eigenvalue weighted by molar-refractivity contribution is -0.137. The van der Waals surface area contributed by atoms with Gasteiger partial charge < -0.3 is 9.30 Å². The molecule has 0 fully saturated rings. The van der Waals surface area contributed by atoms with Crippen molar-refractivity contribution in [2.24, 2.45) is 7.05 Å². The van der Waals surface area contributed by atoms with E-state index >= 15 is 0 Å². The smallest absolute Gasteiger partial charge is 0.349 e.